The molecule has 21 heavy (non-hydrogen) atoms. The van der Waals surface area contributed by atoms with E-state index in [-0.39, 0.29) is 17.0 Å². The summed E-state index contributed by atoms with van der Waals surface area (Å²) in [6.07, 6.45) is -2.52. The molecule has 1 amide bonds. The molecule has 0 heterocycles. The number of amides is 1. The first kappa shape index (κ1) is 16.8. The predicted molar refractivity (Wildman–Crippen MR) is 75.2 cm³/mol. The van der Waals surface area contributed by atoms with Crippen LogP contribution < -0.4 is 5.32 Å². The number of ether oxygens (including phenoxy) is 1. The maximum absolute atomic E-state index is 11.6. The zero-order chi connectivity index (χ0) is 16.2. The largest absolute Gasteiger partial charge is 0.507 e. The van der Waals surface area contributed by atoms with E-state index in [1.807, 2.05) is 0 Å². The number of aliphatic carboxylic acids is 1. The lowest BCUT2D eigenvalue weighted by atomic mass is 10.0. The number of phenolic OH excluding ortho intramolecular Hbond substituents is 1. The Kier molecular flexibility index (Phi) is 5.15. The summed E-state index contributed by atoms with van der Waals surface area (Å²) < 4.78 is 5.05. The minimum atomic E-state index is -1.32. The maximum atomic E-state index is 11.6. The van der Waals surface area contributed by atoms with E-state index < -0.39 is 30.2 Å². The highest BCUT2D eigenvalue weighted by Gasteiger charge is 2.18. The summed E-state index contributed by atoms with van der Waals surface area (Å²) in [7, 11) is 0. The fourth-order valence-electron chi connectivity index (χ4n) is 1.60. The molecular weight excluding hydrogens is 278 g/mol. The summed E-state index contributed by atoms with van der Waals surface area (Å²) in [6, 6.07) is 3.99. The van der Waals surface area contributed by atoms with Crippen molar-refractivity contribution in [2.75, 3.05) is 5.32 Å². The van der Waals surface area contributed by atoms with Crippen molar-refractivity contribution in [3.05, 3.63) is 23.8 Å². The van der Waals surface area contributed by atoms with E-state index in [0.29, 0.717) is 0 Å². The van der Waals surface area contributed by atoms with Crippen molar-refractivity contribution in [3.63, 3.8) is 0 Å². The average Bonchev–Trinajstić information content (AvgIpc) is 2.24. The summed E-state index contributed by atoms with van der Waals surface area (Å²) >= 11 is 0. The fraction of sp³-hybridized carbons (Fsp3) is 0.429. The molecule has 0 aromatic heterocycles. The molecule has 0 aliphatic heterocycles. The van der Waals surface area contributed by atoms with E-state index in [1.165, 1.54) is 18.2 Å². The third-order valence-electron chi connectivity index (χ3n) is 2.40. The number of carbonyl (C=O) groups excluding carboxylic acids is 1. The van der Waals surface area contributed by atoms with Crippen LogP contribution in [0.2, 0.25) is 0 Å². The van der Waals surface area contributed by atoms with Crippen molar-refractivity contribution in [3.8, 4) is 5.75 Å². The highest BCUT2D eigenvalue weighted by Crippen LogP contribution is 2.29. The van der Waals surface area contributed by atoms with Crippen LogP contribution in [-0.2, 0) is 9.53 Å². The van der Waals surface area contributed by atoms with Gasteiger partial charge in [-0.05, 0) is 26.8 Å². The van der Waals surface area contributed by atoms with Gasteiger partial charge >= 0.3 is 12.1 Å². The summed E-state index contributed by atoms with van der Waals surface area (Å²) in [4.78, 5) is 22.1. The minimum absolute atomic E-state index is 0.0761. The lowest BCUT2D eigenvalue weighted by Crippen LogP contribution is -2.27. The number of hydrogen-bond donors (Lipinski definition) is 4. The number of carboxylic acids is 1. The number of rotatable bonds is 4. The Morgan fingerprint density at radius 3 is 2.43 bits per heavy atom. The Hall–Kier alpha value is -2.28. The van der Waals surface area contributed by atoms with Crippen LogP contribution in [0.25, 0.3) is 0 Å². The third-order valence-corrected chi connectivity index (χ3v) is 2.40. The smallest absolute Gasteiger partial charge is 0.412 e. The van der Waals surface area contributed by atoms with Gasteiger partial charge in [0.2, 0.25) is 0 Å². The van der Waals surface area contributed by atoms with Crippen molar-refractivity contribution in [1.82, 2.24) is 0 Å². The number of benzene rings is 1. The van der Waals surface area contributed by atoms with Crippen LogP contribution >= 0.6 is 0 Å². The van der Waals surface area contributed by atoms with Crippen LogP contribution in [0.5, 0.6) is 5.75 Å². The third kappa shape index (κ3) is 5.70. The van der Waals surface area contributed by atoms with Crippen LogP contribution in [0.4, 0.5) is 10.5 Å². The number of carboxylic acid groups (broad SMARTS) is 1. The van der Waals surface area contributed by atoms with Gasteiger partial charge in [0.1, 0.15) is 11.4 Å². The van der Waals surface area contributed by atoms with Gasteiger partial charge in [0, 0.05) is 17.3 Å². The van der Waals surface area contributed by atoms with Gasteiger partial charge in [0.05, 0.1) is 12.5 Å². The van der Waals surface area contributed by atoms with E-state index in [0.717, 1.165) is 0 Å². The fourth-order valence-corrected chi connectivity index (χ4v) is 1.60. The van der Waals surface area contributed by atoms with Gasteiger partial charge in [-0.15, -0.1) is 0 Å². The Bertz CT molecular complexity index is 535. The normalized spacial score (nSPS) is 12.6. The predicted octanol–water partition coefficient (Wildman–Crippen LogP) is 2.25. The Morgan fingerprint density at radius 1 is 1.33 bits per heavy atom. The standard InChI is InChI=1S/C14H19NO6/c1-14(2,3)21-13(20)15-8-4-5-9(10(16)6-8)11(17)7-12(18)19/h4-6,11,16-17H,7H2,1-3H3,(H,15,20)(H,18,19)/t11-/m1/s1. The molecule has 0 saturated heterocycles. The number of aliphatic hydroxyl groups excluding tert-OH is 1. The number of aliphatic hydroxyl groups is 1. The first-order valence-corrected chi connectivity index (χ1v) is 6.31. The van der Waals surface area contributed by atoms with Crippen molar-refractivity contribution >= 4 is 17.7 Å². The SMILES string of the molecule is CC(C)(C)OC(=O)Nc1ccc([C@H](O)CC(=O)O)c(O)c1. The van der Waals surface area contributed by atoms with E-state index in [2.05, 4.69) is 5.32 Å². The molecule has 7 heteroatoms. The van der Waals surface area contributed by atoms with Crippen LogP contribution in [0, 0.1) is 0 Å². The monoisotopic (exact) mass is 297 g/mol. The van der Waals surface area contributed by atoms with Crippen molar-refractivity contribution in [2.45, 2.75) is 38.9 Å². The molecule has 0 aliphatic carbocycles. The van der Waals surface area contributed by atoms with Crippen LogP contribution in [-0.4, -0.2) is 33.0 Å². The van der Waals surface area contributed by atoms with E-state index in [4.69, 9.17) is 9.84 Å². The molecule has 1 aromatic rings. The first-order valence-electron chi connectivity index (χ1n) is 6.31. The Morgan fingerprint density at radius 2 is 1.95 bits per heavy atom. The minimum Gasteiger partial charge on any atom is -0.507 e. The number of hydrogen-bond acceptors (Lipinski definition) is 5. The molecule has 4 N–H and O–H groups in total. The molecule has 1 aromatic carbocycles. The molecular formula is C14H19NO6. The molecule has 7 nitrogen and oxygen atoms in total. The average molecular weight is 297 g/mol. The Balaban J connectivity index is 2.78. The molecule has 1 atom stereocenters. The highest BCUT2D eigenvalue weighted by atomic mass is 16.6. The summed E-state index contributed by atoms with van der Waals surface area (Å²) in [6.45, 7) is 5.15. The van der Waals surface area contributed by atoms with Gasteiger partial charge in [0.15, 0.2) is 0 Å². The number of nitrogens with one attached hydrogen (secondary N) is 1. The van der Waals surface area contributed by atoms with Crippen LogP contribution in [0.1, 0.15) is 38.9 Å². The second-order valence-electron chi connectivity index (χ2n) is 5.51. The number of phenols is 1. The molecule has 0 spiro atoms. The van der Waals surface area contributed by atoms with Crippen molar-refractivity contribution < 1.29 is 29.6 Å². The highest BCUT2D eigenvalue weighted by molar-refractivity contribution is 5.85. The molecule has 1 rings (SSSR count). The molecule has 116 valence electrons. The number of aromatic hydroxyl groups is 1. The second-order valence-corrected chi connectivity index (χ2v) is 5.51. The van der Waals surface area contributed by atoms with Crippen molar-refractivity contribution in [2.24, 2.45) is 0 Å². The summed E-state index contributed by atoms with van der Waals surface area (Å²) in [5.41, 5.74) is -0.302. The molecule has 0 fully saturated rings. The second kappa shape index (κ2) is 6.45. The van der Waals surface area contributed by atoms with Gasteiger partial charge in [-0.1, -0.05) is 6.07 Å². The molecule has 0 bridgehead atoms. The van der Waals surface area contributed by atoms with Crippen LogP contribution in [0.3, 0.4) is 0 Å². The van der Waals surface area contributed by atoms with Gasteiger partial charge < -0.3 is 20.1 Å². The zero-order valence-corrected chi connectivity index (χ0v) is 12.1. The number of carbonyl (C=O) groups is 2. The Labute approximate surface area is 122 Å². The summed E-state index contributed by atoms with van der Waals surface area (Å²) in [5.74, 6) is -1.49. The quantitative estimate of drug-likeness (QED) is 0.677. The molecule has 0 unspecified atom stereocenters. The first-order chi connectivity index (χ1) is 9.58. The zero-order valence-electron chi connectivity index (χ0n) is 12.1. The topological polar surface area (TPSA) is 116 Å². The van der Waals surface area contributed by atoms with Gasteiger partial charge in [-0.3, -0.25) is 10.1 Å². The van der Waals surface area contributed by atoms with Gasteiger partial charge in [-0.2, -0.15) is 0 Å². The molecule has 0 saturated carbocycles. The van der Waals surface area contributed by atoms with E-state index >= 15 is 0 Å². The van der Waals surface area contributed by atoms with Crippen molar-refractivity contribution in [1.29, 1.82) is 0 Å². The molecule has 0 aliphatic rings. The molecule has 0 radical (unpaired) electrons. The van der Waals surface area contributed by atoms with Crippen LogP contribution in [0.15, 0.2) is 18.2 Å². The number of anilines is 1. The van der Waals surface area contributed by atoms with E-state index in [1.54, 1.807) is 20.8 Å². The van der Waals surface area contributed by atoms with E-state index in [9.17, 15) is 19.8 Å². The van der Waals surface area contributed by atoms with Gasteiger partial charge in [0.25, 0.3) is 0 Å². The lowest BCUT2D eigenvalue weighted by molar-refractivity contribution is -0.139. The maximum Gasteiger partial charge on any atom is 0.412 e. The lowest BCUT2D eigenvalue weighted by Gasteiger charge is -2.20. The summed E-state index contributed by atoms with van der Waals surface area (Å²) in [5, 5.41) is 30.4. The van der Waals surface area contributed by atoms with Gasteiger partial charge in [-0.25, -0.2) is 4.79 Å².